The fourth-order valence-electron chi connectivity index (χ4n) is 2.01. The van der Waals surface area contributed by atoms with Gasteiger partial charge in [0, 0.05) is 41.0 Å². The van der Waals surface area contributed by atoms with E-state index in [4.69, 9.17) is 5.11 Å². The quantitative estimate of drug-likeness (QED) is 0.834. The summed E-state index contributed by atoms with van der Waals surface area (Å²) in [5.74, 6) is -0.726. The molecule has 0 saturated heterocycles. The van der Waals surface area contributed by atoms with Crippen molar-refractivity contribution in [2.24, 2.45) is 0 Å². The highest BCUT2D eigenvalue weighted by molar-refractivity contribution is 7.83. The molecule has 6 heteroatoms. The van der Waals surface area contributed by atoms with E-state index in [1.165, 1.54) is 4.90 Å². The summed E-state index contributed by atoms with van der Waals surface area (Å²) in [5.41, 5.74) is 1.33. The maximum Gasteiger partial charge on any atom is 0.305 e. The zero-order chi connectivity index (χ0) is 16.0. The topological polar surface area (TPSA) is 74.7 Å². The van der Waals surface area contributed by atoms with E-state index in [9.17, 15) is 13.8 Å². The average molecular weight is 311 g/mol. The number of nitrogens with zero attached hydrogens (tertiary/aromatic N) is 1. The Hall–Kier alpha value is -1.69. The SMILES string of the molecule is CC(C)N(CCC(=O)O)C(=O)c1cccc(CS(C)=O)c1. The number of amides is 1. The Morgan fingerprint density at radius 3 is 2.52 bits per heavy atom. The molecule has 0 aliphatic heterocycles. The van der Waals surface area contributed by atoms with Crippen LogP contribution in [0.5, 0.6) is 0 Å². The fourth-order valence-corrected chi connectivity index (χ4v) is 2.65. The minimum Gasteiger partial charge on any atom is -0.481 e. The third kappa shape index (κ3) is 5.67. The second-order valence-corrected chi connectivity index (χ2v) is 6.59. The van der Waals surface area contributed by atoms with Crippen LogP contribution in [0.3, 0.4) is 0 Å². The molecule has 1 aromatic carbocycles. The maximum absolute atomic E-state index is 12.5. The lowest BCUT2D eigenvalue weighted by Gasteiger charge is -2.26. The Kier molecular flexibility index (Phi) is 6.55. The number of hydrogen-bond donors (Lipinski definition) is 1. The van der Waals surface area contributed by atoms with Gasteiger partial charge in [-0.25, -0.2) is 0 Å². The second-order valence-electron chi connectivity index (χ2n) is 5.15. The third-order valence-corrected chi connectivity index (χ3v) is 3.73. The maximum atomic E-state index is 12.5. The van der Waals surface area contributed by atoms with E-state index in [0.29, 0.717) is 11.3 Å². The number of benzene rings is 1. The average Bonchev–Trinajstić information content (AvgIpc) is 2.37. The van der Waals surface area contributed by atoms with Crippen molar-refractivity contribution in [2.45, 2.75) is 32.1 Å². The first-order valence-corrected chi connectivity index (χ1v) is 8.45. The van der Waals surface area contributed by atoms with Gasteiger partial charge < -0.3 is 10.0 Å². The van der Waals surface area contributed by atoms with Crippen LogP contribution in [-0.4, -0.2) is 44.9 Å². The molecule has 0 aliphatic carbocycles. The number of carboxylic acids is 1. The molecule has 1 atom stereocenters. The largest absolute Gasteiger partial charge is 0.481 e. The molecule has 1 unspecified atom stereocenters. The first kappa shape index (κ1) is 17.4. The van der Waals surface area contributed by atoms with Gasteiger partial charge in [0.15, 0.2) is 0 Å². The molecule has 1 amide bonds. The molecule has 116 valence electrons. The van der Waals surface area contributed by atoms with Gasteiger partial charge in [-0.05, 0) is 31.5 Å². The predicted octanol–water partition coefficient (Wildman–Crippen LogP) is 1.89. The molecular formula is C15H21NO4S. The summed E-state index contributed by atoms with van der Waals surface area (Å²) in [6.07, 6.45) is 1.53. The summed E-state index contributed by atoms with van der Waals surface area (Å²) in [5, 5.41) is 8.77. The van der Waals surface area contributed by atoms with Gasteiger partial charge in [-0.15, -0.1) is 0 Å². The zero-order valence-corrected chi connectivity index (χ0v) is 13.4. The normalized spacial score (nSPS) is 12.2. The van der Waals surface area contributed by atoms with E-state index in [1.807, 2.05) is 19.9 Å². The van der Waals surface area contributed by atoms with E-state index < -0.39 is 16.8 Å². The summed E-state index contributed by atoms with van der Waals surface area (Å²) < 4.78 is 11.3. The van der Waals surface area contributed by atoms with Gasteiger partial charge in [-0.3, -0.25) is 13.8 Å². The highest BCUT2D eigenvalue weighted by Crippen LogP contribution is 2.12. The van der Waals surface area contributed by atoms with Crippen molar-refractivity contribution in [2.75, 3.05) is 12.8 Å². The molecule has 1 N–H and O–H groups in total. The number of hydrogen-bond acceptors (Lipinski definition) is 3. The number of carbonyl (C=O) groups excluding carboxylic acids is 1. The van der Waals surface area contributed by atoms with E-state index in [0.717, 1.165) is 5.56 Å². The molecule has 0 aromatic heterocycles. The molecule has 0 aliphatic rings. The van der Waals surface area contributed by atoms with Crippen molar-refractivity contribution in [3.8, 4) is 0 Å². The Morgan fingerprint density at radius 2 is 2.00 bits per heavy atom. The van der Waals surface area contributed by atoms with E-state index in [-0.39, 0.29) is 24.9 Å². The number of rotatable bonds is 7. The summed E-state index contributed by atoms with van der Waals surface area (Å²) >= 11 is 0. The van der Waals surface area contributed by atoms with Crippen LogP contribution in [0.1, 0.15) is 36.2 Å². The van der Waals surface area contributed by atoms with Crippen LogP contribution in [0.15, 0.2) is 24.3 Å². The van der Waals surface area contributed by atoms with Crippen LogP contribution in [-0.2, 0) is 21.3 Å². The third-order valence-electron chi connectivity index (χ3n) is 2.99. The zero-order valence-electron chi connectivity index (χ0n) is 12.5. The van der Waals surface area contributed by atoms with Crippen LogP contribution in [0, 0.1) is 0 Å². The lowest BCUT2D eigenvalue weighted by molar-refractivity contribution is -0.137. The van der Waals surface area contributed by atoms with Crippen molar-refractivity contribution >= 4 is 22.7 Å². The number of carboxylic acid groups (broad SMARTS) is 1. The summed E-state index contributed by atoms with van der Waals surface area (Å²) in [6, 6.07) is 6.92. The molecule has 1 rings (SSSR count). The van der Waals surface area contributed by atoms with Gasteiger partial charge >= 0.3 is 5.97 Å². The number of carbonyl (C=O) groups is 2. The van der Waals surface area contributed by atoms with Gasteiger partial charge in [0.2, 0.25) is 0 Å². The fraction of sp³-hybridized carbons (Fsp3) is 0.467. The lowest BCUT2D eigenvalue weighted by Crippen LogP contribution is -2.38. The molecule has 0 fully saturated rings. The van der Waals surface area contributed by atoms with Crippen molar-refractivity contribution in [3.63, 3.8) is 0 Å². The first-order chi connectivity index (χ1) is 9.81. The molecule has 5 nitrogen and oxygen atoms in total. The van der Waals surface area contributed by atoms with E-state index >= 15 is 0 Å². The Morgan fingerprint density at radius 1 is 1.33 bits per heavy atom. The predicted molar refractivity (Wildman–Crippen MR) is 82.6 cm³/mol. The van der Waals surface area contributed by atoms with E-state index in [2.05, 4.69) is 0 Å². The van der Waals surface area contributed by atoms with Crippen molar-refractivity contribution < 1.29 is 18.9 Å². The molecule has 21 heavy (non-hydrogen) atoms. The Balaban J connectivity index is 2.92. The molecule has 0 heterocycles. The highest BCUT2D eigenvalue weighted by atomic mass is 32.2. The van der Waals surface area contributed by atoms with E-state index in [1.54, 1.807) is 24.5 Å². The molecule has 0 radical (unpaired) electrons. The van der Waals surface area contributed by atoms with Crippen molar-refractivity contribution in [1.82, 2.24) is 4.90 Å². The van der Waals surface area contributed by atoms with Crippen LogP contribution >= 0.6 is 0 Å². The summed E-state index contributed by atoms with van der Waals surface area (Å²) in [6.45, 7) is 3.88. The van der Waals surface area contributed by atoms with Crippen molar-refractivity contribution in [3.05, 3.63) is 35.4 Å². The minimum atomic E-state index is -0.970. The van der Waals surface area contributed by atoms with Gasteiger partial charge in [0.1, 0.15) is 0 Å². The van der Waals surface area contributed by atoms with Crippen LogP contribution < -0.4 is 0 Å². The number of aliphatic carboxylic acids is 1. The molecule has 0 bridgehead atoms. The highest BCUT2D eigenvalue weighted by Gasteiger charge is 2.19. The standard InChI is InChI=1S/C15H21NO4S/c1-11(2)16(8-7-14(17)18)15(19)13-6-4-5-12(9-13)10-21(3)20/h4-6,9,11H,7-8,10H2,1-3H3,(H,17,18). The van der Waals surface area contributed by atoms with Crippen LogP contribution in [0.25, 0.3) is 0 Å². The first-order valence-electron chi connectivity index (χ1n) is 6.73. The minimum absolute atomic E-state index is 0.0808. The smallest absolute Gasteiger partial charge is 0.305 e. The van der Waals surface area contributed by atoms with Crippen LogP contribution in [0.2, 0.25) is 0 Å². The summed E-state index contributed by atoms with van der Waals surface area (Å²) in [4.78, 5) is 24.7. The second kappa shape index (κ2) is 7.93. The molecule has 0 saturated carbocycles. The van der Waals surface area contributed by atoms with Gasteiger partial charge in [-0.2, -0.15) is 0 Å². The lowest BCUT2D eigenvalue weighted by atomic mass is 10.1. The Bertz CT molecular complexity index is 542. The van der Waals surface area contributed by atoms with Gasteiger partial charge in [0.25, 0.3) is 5.91 Å². The van der Waals surface area contributed by atoms with Crippen LogP contribution in [0.4, 0.5) is 0 Å². The monoisotopic (exact) mass is 311 g/mol. The van der Waals surface area contributed by atoms with Gasteiger partial charge in [0.05, 0.1) is 6.42 Å². The molecule has 0 spiro atoms. The molecule has 1 aromatic rings. The summed E-state index contributed by atoms with van der Waals surface area (Å²) in [7, 11) is -0.970. The van der Waals surface area contributed by atoms with Gasteiger partial charge in [-0.1, -0.05) is 12.1 Å². The Labute approximate surface area is 127 Å². The molecular weight excluding hydrogens is 290 g/mol. The van der Waals surface area contributed by atoms with Crippen molar-refractivity contribution in [1.29, 1.82) is 0 Å².